The molecule has 0 bridgehead atoms. The molecular formula is C25H33N3O. The number of para-hydroxylation sites is 1. The molecule has 1 saturated heterocycles. The standard InChI is InChI=1S/C25H33N3O/c1-21(2)23-12-6-7-13-24(23)26-25(29)14-16-28-19-17-27(18-20-28)15-8-11-22-9-4-3-5-10-22/h3-13,21H,14-20H2,1-2H3,(H,26,29)/b11-8+. The maximum absolute atomic E-state index is 12.4. The number of benzene rings is 2. The predicted octanol–water partition coefficient (Wildman–Crippen LogP) is 4.47. The third kappa shape index (κ3) is 6.84. The van der Waals surface area contributed by atoms with Crippen LogP contribution >= 0.6 is 0 Å². The average Bonchev–Trinajstić information content (AvgIpc) is 2.74. The number of nitrogens with one attached hydrogen (secondary N) is 1. The van der Waals surface area contributed by atoms with E-state index in [2.05, 4.69) is 71.4 Å². The van der Waals surface area contributed by atoms with E-state index in [-0.39, 0.29) is 5.91 Å². The van der Waals surface area contributed by atoms with E-state index in [1.54, 1.807) is 0 Å². The summed E-state index contributed by atoms with van der Waals surface area (Å²) >= 11 is 0. The normalized spacial score (nSPS) is 15.8. The molecule has 0 aliphatic carbocycles. The van der Waals surface area contributed by atoms with Crippen LogP contribution in [0.5, 0.6) is 0 Å². The number of rotatable bonds is 8. The third-order valence-electron chi connectivity index (χ3n) is 5.45. The van der Waals surface area contributed by atoms with E-state index < -0.39 is 0 Å². The molecule has 0 saturated carbocycles. The highest BCUT2D eigenvalue weighted by molar-refractivity contribution is 5.91. The smallest absolute Gasteiger partial charge is 0.225 e. The fourth-order valence-electron chi connectivity index (χ4n) is 3.68. The lowest BCUT2D eigenvalue weighted by molar-refractivity contribution is -0.116. The first-order valence-electron chi connectivity index (χ1n) is 10.7. The summed E-state index contributed by atoms with van der Waals surface area (Å²) in [7, 11) is 0. The van der Waals surface area contributed by atoms with E-state index >= 15 is 0 Å². The van der Waals surface area contributed by atoms with Crippen molar-refractivity contribution < 1.29 is 4.79 Å². The first-order valence-corrected chi connectivity index (χ1v) is 10.7. The summed E-state index contributed by atoms with van der Waals surface area (Å²) in [4.78, 5) is 17.3. The number of carbonyl (C=O) groups is 1. The van der Waals surface area contributed by atoms with E-state index in [1.807, 2.05) is 24.3 Å². The molecule has 1 N–H and O–H groups in total. The Hall–Kier alpha value is -2.43. The zero-order valence-electron chi connectivity index (χ0n) is 17.7. The minimum absolute atomic E-state index is 0.103. The first-order chi connectivity index (χ1) is 14.1. The van der Waals surface area contributed by atoms with Gasteiger partial charge in [-0.15, -0.1) is 0 Å². The van der Waals surface area contributed by atoms with Crippen LogP contribution in [0.4, 0.5) is 5.69 Å². The molecule has 0 spiro atoms. The SMILES string of the molecule is CC(C)c1ccccc1NC(=O)CCN1CCN(C/C=C/c2ccccc2)CC1. The van der Waals surface area contributed by atoms with Crippen LogP contribution in [0, 0.1) is 0 Å². The van der Waals surface area contributed by atoms with Crippen LogP contribution in [-0.4, -0.2) is 55.0 Å². The molecule has 3 rings (SSSR count). The molecule has 1 aliphatic heterocycles. The van der Waals surface area contributed by atoms with Gasteiger partial charge in [-0.3, -0.25) is 9.69 Å². The number of hydrogen-bond donors (Lipinski definition) is 1. The molecule has 29 heavy (non-hydrogen) atoms. The fourth-order valence-corrected chi connectivity index (χ4v) is 3.68. The van der Waals surface area contributed by atoms with E-state index in [0.29, 0.717) is 12.3 Å². The van der Waals surface area contributed by atoms with E-state index in [1.165, 1.54) is 11.1 Å². The van der Waals surface area contributed by atoms with Gasteiger partial charge in [-0.05, 0) is 23.1 Å². The predicted molar refractivity (Wildman–Crippen MR) is 122 cm³/mol. The molecular weight excluding hydrogens is 358 g/mol. The van der Waals surface area contributed by atoms with Crippen molar-refractivity contribution in [3.63, 3.8) is 0 Å². The molecule has 1 heterocycles. The van der Waals surface area contributed by atoms with Gasteiger partial charge < -0.3 is 10.2 Å². The van der Waals surface area contributed by atoms with Crippen molar-refractivity contribution in [2.24, 2.45) is 0 Å². The second-order valence-electron chi connectivity index (χ2n) is 8.00. The van der Waals surface area contributed by atoms with Crippen LogP contribution in [0.15, 0.2) is 60.7 Å². The van der Waals surface area contributed by atoms with Gasteiger partial charge in [0.05, 0.1) is 0 Å². The van der Waals surface area contributed by atoms with Gasteiger partial charge in [0.25, 0.3) is 0 Å². The second kappa shape index (κ2) is 10.9. The van der Waals surface area contributed by atoms with Gasteiger partial charge in [-0.1, -0.05) is 74.5 Å². The minimum atomic E-state index is 0.103. The number of amides is 1. The zero-order valence-corrected chi connectivity index (χ0v) is 17.7. The van der Waals surface area contributed by atoms with Gasteiger partial charge in [0.2, 0.25) is 5.91 Å². The van der Waals surface area contributed by atoms with E-state index in [4.69, 9.17) is 0 Å². The highest BCUT2D eigenvalue weighted by Crippen LogP contribution is 2.23. The third-order valence-corrected chi connectivity index (χ3v) is 5.45. The maximum atomic E-state index is 12.4. The Morgan fingerprint density at radius 1 is 0.966 bits per heavy atom. The molecule has 154 valence electrons. The summed E-state index contributed by atoms with van der Waals surface area (Å²) in [6, 6.07) is 18.5. The van der Waals surface area contributed by atoms with Crippen LogP contribution < -0.4 is 5.32 Å². The summed E-state index contributed by atoms with van der Waals surface area (Å²) in [5.74, 6) is 0.502. The van der Waals surface area contributed by atoms with Crippen molar-refractivity contribution in [2.45, 2.75) is 26.2 Å². The fraction of sp³-hybridized carbons (Fsp3) is 0.400. The zero-order chi connectivity index (χ0) is 20.5. The highest BCUT2D eigenvalue weighted by atomic mass is 16.1. The Bertz CT molecular complexity index is 793. The van der Waals surface area contributed by atoms with Crippen molar-refractivity contribution in [3.05, 3.63) is 71.8 Å². The molecule has 1 fully saturated rings. The molecule has 2 aromatic rings. The van der Waals surface area contributed by atoms with Crippen molar-refractivity contribution in [2.75, 3.05) is 44.6 Å². The van der Waals surface area contributed by atoms with Crippen molar-refractivity contribution in [1.82, 2.24) is 9.80 Å². The molecule has 2 aromatic carbocycles. The van der Waals surface area contributed by atoms with Gasteiger partial charge in [0.1, 0.15) is 0 Å². The second-order valence-corrected chi connectivity index (χ2v) is 8.00. The Morgan fingerprint density at radius 2 is 1.62 bits per heavy atom. The van der Waals surface area contributed by atoms with Crippen LogP contribution in [-0.2, 0) is 4.79 Å². The Balaban J connectivity index is 1.37. The topological polar surface area (TPSA) is 35.6 Å². The molecule has 0 aromatic heterocycles. The van der Waals surface area contributed by atoms with E-state index in [9.17, 15) is 4.79 Å². The average molecular weight is 392 g/mol. The van der Waals surface area contributed by atoms with Gasteiger partial charge >= 0.3 is 0 Å². The maximum Gasteiger partial charge on any atom is 0.225 e. The summed E-state index contributed by atoms with van der Waals surface area (Å²) in [6.07, 6.45) is 4.97. The lowest BCUT2D eigenvalue weighted by Crippen LogP contribution is -2.46. The van der Waals surface area contributed by atoms with Crippen molar-refractivity contribution >= 4 is 17.7 Å². The summed E-state index contributed by atoms with van der Waals surface area (Å²) in [5, 5.41) is 3.10. The van der Waals surface area contributed by atoms with E-state index in [0.717, 1.165) is 45.0 Å². The number of piperazine rings is 1. The molecule has 1 aliphatic rings. The van der Waals surface area contributed by atoms with Gasteiger partial charge in [-0.25, -0.2) is 0 Å². The Labute approximate surface area is 175 Å². The lowest BCUT2D eigenvalue weighted by atomic mass is 10.0. The number of carbonyl (C=O) groups excluding carboxylic acids is 1. The minimum Gasteiger partial charge on any atom is -0.326 e. The van der Waals surface area contributed by atoms with Crippen molar-refractivity contribution in [1.29, 1.82) is 0 Å². The molecule has 0 atom stereocenters. The quantitative estimate of drug-likeness (QED) is 0.721. The number of nitrogens with zero attached hydrogens (tertiary/aromatic N) is 2. The molecule has 4 heteroatoms. The largest absolute Gasteiger partial charge is 0.326 e. The summed E-state index contributed by atoms with van der Waals surface area (Å²) in [5.41, 5.74) is 3.39. The molecule has 4 nitrogen and oxygen atoms in total. The lowest BCUT2D eigenvalue weighted by Gasteiger charge is -2.34. The molecule has 0 radical (unpaired) electrons. The highest BCUT2D eigenvalue weighted by Gasteiger charge is 2.17. The monoisotopic (exact) mass is 391 g/mol. The van der Waals surface area contributed by atoms with Crippen LogP contribution in [0.25, 0.3) is 6.08 Å². The molecule has 1 amide bonds. The summed E-state index contributed by atoms with van der Waals surface area (Å²) in [6.45, 7) is 10.3. The van der Waals surface area contributed by atoms with Gasteiger partial charge in [0.15, 0.2) is 0 Å². The van der Waals surface area contributed by atoms with Gasteiger partial charge in [-0.2, -0.15) is 0 Å². The van der Waals surface area contributed by atoms with Crippen molar-refractivity contribution in [3.8, 4) is 0 Å². The molecule has 0 unspecified atom stereocenters. The van der Waals surface area contributed by atoms with Gasteiger partial charge in [0, 0.05) is 51.4 Å². The van der Waals surface area contributed by atoms with Crippen LogP contribution in [0.1, 0.15) is 37.3 Å². The number of anilines is 1. The van der Waals surface area contributed by atoms with Crippen LogP contribution in [0.3, 0.4) is 0 Å². The summed E-state index contributed by atoms with van der Waals surface area (Å²) < 4.78 is 0. The van der Waals surface area contributed by atoms with Crippen LogP contribution in [0.2, 0.25) is 0 Å². The first kappa shape index (κ1) is 21.3. The Morgan fingerprint density at radius 3 is 2.34 bits per heavy atom. The Kier molecular flexibility index (Phi) is 8.03. The number of hydrogen-bond acceptors (Lipinski definition) is 3.